The molecule has 0 aliphatic carbocycles. The Morgan fingerprint density at radius 1 is 1.37 bits per heavy atom. The van der Waals surface area contributed by atoms with Gasteiger partial charge in [-0.2, -0.15) is 0 Å². The van der Waals surface area contributed by atoms with Gasteiger partial charge in [0.1, 0.15) is 16.6 Å². The van der Waals surface area contributed by atoms with Gasteiger partial charge in [-0.25, -0.2) is 8.78 Å². The maximum Gasteiger partial charge on any atom is 0.179 e. The summed E-state index contributed by atoms with van der Waals surface area (Å²) in [7, 11) is 0. The zero-order chi connectivity index (χ0) is 14.0. The number of carbonyl (C=O) groups is 1. The third-order valence-electron chi connectivity index (χ3n) is 2.35. The molecule has 19 heavy (non-hydrogen) atoms. The Bertz CT molecular complexity index is 616. The Kier molecular flexibility index (Phi) is 4.26. The summed E-state index contributed by atoms with van der Waals surface area (Å²) in [6.07, 6.45) is 0. The van der Waals surface area contributed by atoms with E-state index in [1.54, 1.807) is 13.8 Å². The van der Waals surface area contributed by atoms with Crippen LogP contribution in [0.25, 0.3) is 0 Å². The number of halogens is 2. The van der Waals surface area contributed by atoms with E-state index in [0.29, 0.717) is 4.34 Å². The molecule has 2 aromatic rings. The van der Waals surface area contributed by atoms with Gasteiger partial charge in [0.25, 0.3) is 0 Å². The monoisotopic (exact) mass is 300 g/mol. The van der Waals surface area contributed by atoms with Crippen LogP contribution in [0.2, 0.25) is 0 Å². The van der Waals surface area contributed by atoms with Crippen LogP contribution >= 0.6 is 23.1 Å². The first-order valence-electron chi connectivity index (χ1n) is 5.43. The van der Waals surface area contributed by atoms with E-state index in [0.717, 1.165) is 23.2 Å². The zero-order valence-electron chi connectivity index (χ0n) is 10.2. The van der Waals surface area contributed by atoms with Crippen LogP contribution in [0.15, 0.2) is 22.5 Å². The van der Waals surface area contributed by atoms with Gasteiger partial charge in [0.15, 0.2) is 10.1 Å². The second kappa shape index (κ2) is 5.75. The Hall–Kier alpha value is -1.34. The molecular formula is C12H10F2N2OS2. The van der Waals surface area contributed by atoms with E-state index in [1.165, 1.54) is 23.1 Å². The molecule has 0 saturated carbocycles. The minimum absolute atomic E-state index is 0.235. The molecule has 0 spiro atoms. The third kappa shape index (κ3) is 3.36. The van der Waals surface area contributed by atoms with Gasteiger partial charge < -0.3 is 0 Å². The maximum absolute atomic E-state index is 13.5. The van der Waals surface area contributed by atoms with Gasteiger partial charge in [-0.05, 0) is 32.0 Å². The molecule has 1 aromatic carbocycles. The third-order valence-corrected chi connectivity index (χ3v) is 4.37. The molecule has 1 unspecified atom stereocenters. The summed E-state index contributed by atoms with van der Waals surface area (Å²) < 4.78 is 27.2. The molecule has 1 aromatic heterocycles. The molecule has 2 rings (SSSR count). The highest BCUT2D eigenvalue weighted by molar-refractivity contribution is 8.02. The van der Waals surface area contributed by atoms with Crippen molar-refractivity contribution >= 4 is 28.9 Å². The van der Waals surface area contributed by atoms with Gasteiger partial charge in [0, 0.05) is 0 Å². The highest BCUT2D eigenvalue weighted by atomic mass is 32.2. The van der Waals surface area contributed by atoms with Crippen molar-refractivity contribution in [1.29, 1.82) is 0 Å². The van der Waals surface area contributed by atoms with Crippen molar-refractivity contribution in [3.8, 4) is 0 Å². The SMILES string of the molecule is Cc1nnc(SC(C)C(=O)c2cc(F)ccc2F)s1. The van der Waals surface area contributed by atoms with Gasteiger partial charge in [-0.1, -0.05) is 23.1 Å². The number of rotatable bonds is 4. The molecule has 0 fully saturated rings. The van der Waals surface area contributed by atoms with E-state index in [2.05, 4.69) is 10.2 Å². The first-order chi connectivity index (χ1) is 8.97. The number of nitrogens with zero attached hydrogens (tertiary/aromatic N) is 2. The number of benzene rings is 1. The van der Waals surface area contributed by atoms with E-state index in [-0.39, 0.29) is 5.56 Å². The van der Waals surface area contributed by atoms with Crippen molar-refractivity contribution in [2.75, 3.05) is 0 Å². The fraction of sp³-hybridized carbons (Fsp3) is 0.250. The highest BCUT2D eigenvalue weighted by Crippen LogP contribution is 2.28. The van der Waals surface area contributed by atoms with Gasteiger partial charge in [-0.15, -0.1) is 10.2 Å². The topological polar surface area (TPSA) is 42.9 Å². The van der Waals surface area contributed by atoms with Crippen LogP contribution in [0.4, 0.5) is 8.78 Å². The smallest absolute Gasteiger partial charge is 0.179 e. The molecule has 0 bridgehead atoms. The first kappa shape index (κ1) is 14.1. The number of hydrogen-bond acceptors (Lipinski definition) is 5. The normalized spacial score (nSPS) is 12.4. The summed E-state index contributed by atoms with van der Waals surface area (Å²) in [5.74, 6) is -1.81. The number of aryl methyl sites for hydroxylation is 1. The van der Waals surface area contributed by atoms with E-state index in [9.17, 15) is 13.6 Å². The predicted molar refractivity (Wildman–Crippen MR) is 70.7 cm³/mol. The lowest BCUT2D eigenvalue weighted by Crippen LogP contribution is -2.15. The zero-order valence-corrected chi connectivity index (χ0v) is 11.8. The fourth-order valence-electron chi connectivity index (χ4n) is 1.44. The number of thioether (sulfide) groups is 1. The highest BCUT2D eigenvalue weighted by Gasteiger charge is 2.21. The fourth-order valence-corrected chi connectivity index (χ4v) is 3.46. The average Bonchev–Trinajstić information content (AvgIpc) is 2.77. The molecule has 1 heterocycles. The maximum atomic E-state index is 13.5. The molecule has 0 aliphatic rings. The van der Waals surface area contributed by atoms with Crippen LogP contribution in [0, 0.1) is 18.6 Å². The van der Waals surface area contributed by atoms with Gasteiger partial charge in [0.05, 0.1) is 10.8 Å². The van der Waals surface area contributed by atoms with E-state index in [4.69, 9.17) is 0 Å². The summed E-state index contributed by atoms with van der Waals surface area (Å²) in [6.45, 7) is 3.44. The average molecular weight is 300 g/mol. The van der Waals surface area contributed by atoms with Crippen molar-refractivity contribution in [3.05, 3.63) is 40.4 Å². The minimum Gasteiger partial charge on any atom is -0.293 e. The minimum atomic E-state index is -0.715. The molecule has 1 atom stereocenters. The molecular weight excluding hydrogens is 290 g/mol. The van der Waals surface area contributed by atoms with Crippen LogP contribution in [0.1, 0.15) is 22.3 Å². The molecule has 0 amide bonds. The molecule has 0 N–H and O–H groups in total. The van der Waals surface area contributed by atoms with Crippen molar-refractivity contribution in [3.63, 3.8) is 0 Å². The van der Waals surface area contributed by atoms with Crippen LogP contribution < -0.4 is 0 Å². The van der Waals surface area contributed by atoms with Crippen LogP contribution in [0.5, 0.6) is 0 Å². The lowest BCUT2D eigenvalue weighted by Gasteiger charge is -2.08. The van der Waals surface area contributed by atoms with E-state index < -0.39 is 22.7 Å². The summed E-state index contributed by atoms with van der Waals surface area (Å²) in [6, 6.07) is 2.85. The van der Waals surface area contributed by atoms with Gasteiger partial charge in [0.2, 0.25) is 0 Å². The number of hydrogen-bond donors (Lipinski definition) is 0. The molecule has 0 saturated heterocycles. The van der Waals surface area contributed by atoms with Crippen LogP contribution in [0.3, 0.4) is 0 Å². The Morgan fingerprint density at radius 2 is 2.11 bits per heavy atom. The summed E-state index contributed by atoms with van der Waals surface area (Å²) in [5.41, 5.74) is -0.235. The largest absolute Gasteiger partial charge is 0.293 e. The van der Waals surface area contributed by atoms with E-state index >= 15 is 0 Å². The van der Waals surface area contributed by atoms with Crippen molar-refractivity contribution in [2.24, 2.45) is 0 Å². The Labute approximate surface area is 117 Å². The van der Waals surface area contributed by atoms with Crippen LogP contribution in [-0.2, 0) is 0 Å². The molecule has 100 valence electrons. The second-order valence-electron chi connectivity index (χ2n) is 3.84. The van der Waals surface area contributed by atoms with Crippen LogP contribution in [-0.4, -0.2) is 21.2 Å². The number of Topliss-reactive ketones (excluding diaryl/α,β-unsaturated/α-hetero) is 1. The lowest BCUT2D eigenvalue weighted by molar-refractivity contribution is 0.0989. The molecule has 3 nitrogen and oxygen atoms in total. The van der Waals surface area contributed by atoms with Gasteiger partial charge >= 0.3 is 0 Å². The summed E-state index contributed by atoms with van der Waals surface area (Å²) in [4.78, 5) is 12.1. The molecule has 0 aliphatic heterocycles. The van der Waals surface area contributed by atoms with E-state index in [1.807, 2.05) is 0 Å². The summed E-state index contributed by atoms with van der Waals surface area (Å²) in [5, 5.41) is 7.96. The lowest BCUT2D eigenvalue weighted by atomic mass is 10.1. The Balaban J connectivity index is 2.16. The molecule has 0 radical (unpaired) electrons. The second-order valence-corrected chi connectivity index (χ2v) is 6.61. The Morgan fingerprint density at radius 3 is 2.74 bits per heavy atom. The predicted octanol–water partition coefficient (Wildman–Crippen LogP) is 3.49. The first-order valence-corrected chi connectivity index (χ1v) is 7.13. The quantitative estimate of drug-likeness (QED) is 0.640. The standard InChI is InChI=1S/C12H10F2N2OS2/c1-6(18-12-16-15-7(2)19-12)11(17)9-5-8(13)3-4-10(9)14/h3-6H,1-2H3. The van der Waals surface area contributed by atoms with Crippen molar-refractivity contribution in [1.82, 2.24) is 10.2 Å². The van der Waals surface area contributed by atoms with Gasteiger partial charge in [-0.3, -0.25) is 4.79 Å². The summed E-state index contributed by atoms with van der Waals surface area (Å²) >= 11 is 2.54. The number of aromatic nitrogens is 2. The molecule has 7 heteroatoms. The number of carbonyl (C=O) groups excluding carboxylic acids is 1. The van der Waals surface area contributed by atoms with Crippen molar-refractivity contribution in [2.45, 2.75) is 23.4 Å². The number of ketones is 1. The van der Waals surface area contributed by atoms with Crippen molar-refractivity contribution < 1.29 is 13.6 Å².